The van der Waals surface area contributed by atoms with E-state index in [0.29, 0.717) is 46.0 Å². The molecule has 1 amide bonds. The van der Waals surface area contributed by atoms with E-state index in [2.05, 4.69) is 15.9 Å². The van der Waals surface area contributed by atoms with E-state index in [1.165, 1.54) is 0 Å². The lowest BCUT2D eigenvalue weighted by Crippen LogP contribution is -2.39. The van der Waals surface area contributed by atoms with Gasteiger partial charge in [-0.15, -0.1) is 0 Å². The van der Waals surface area contributed by atoms with Crippen molar-refractivity contribution in [3.8, 4) is 5.69 Å². The van der Waals surface area contributed by atoms with Crippen LogP contribution in [0.2, 0.25) is 5.02 Å². The molecule has 0 radical (unpaired) electrons. The summed E-state index contributed by atoms with van der Waals surface area (Å²) in [6, 6.07) is 21.4. The first-order valence-electron chi connectivity index (χ1n) is 11.3. The average molecular weight is 539 g/mol. The van der Waals surface area contributed by atoms with Gasteiger partial charge in [-0.05, 0) is 61.4 Å². The molecule has 0 aliphatic rings. The number of halogens is 2. The third-order valence-corrected chi connectivity index (χ3v) is 6.45. The van der Waals surface area contributed by atoms with Crippen LogP contribution in [-0.2, 0) is 0 Å². The topological polar surface area (TPSA) is 55.2 Å². The third kappa shape index (κ3) is 4.79. The van der Waals surface area contributed by atoms with Gasteiger partial charge in [0.15, 0.2) is 0 Å². The fourth-order valence-corrected chi connectivity index (χ4v) is 4.79. The Hall–Kier alpha value is -2.96. The molecule has 4 rings (SSSR count). The molecule has 1 aromatic heterocycles. The lowest BCUT2D eigenvalue weighted by atomic mass is 10.1. The summed E-state index contributed by atoms with van der Waals surface area (Å²) in [5.74, 6) is 0.417. The Morgan fingerprint density at radius 1 is 1.06 bits per heavy atom. The fourth-order valence-electron chi connectivity index (χ4n) is 4.21. The summed E-state index contributed by atoms with van der Waals surface area (Å²) >= 11 is 9.75. The molecule has 0 saturated carbocycles. The van der Waals surface area contributed by atoms with Gasteiger partial charge in [0.2, 0.25) is 0 Å². The maximum atomic E-state index is 13.7. The van der Waals surface area contributed by atoms with E-state index in [1.807, 2.05) is 61.2 Å². The summed E-state index contributed by atoms with van der Waals surface area (Å²) in [7, 11) is 0. The molecular weight excluding hydrogens is 514 g/mol. The molecule has 1 heterocycles. The maximum absolute atomic E-state index is 13.7. The molecule has 5 nitrogen and oxygen atoms in total. The highest BCUT2D eigenvalue weighted by Gasteiger charge is 2.29. The number of hydrogen-bond donors (Lipinski definition) is 0. The standard InChI is InChI=1S/C27H25BrClN3O2/c1-3-15-31(26(33)18-9-7-10-19(28)16-18)24(4-2)25-30-23-14-6-5-13-22(23)27(34)32(25)21-12-8-11-20(29)17-21/h5-14,16-17,24H,3-4,15H2,1-2H3. The average Bonchev–Trinajstić information content (AvgIpc) is 2.83. The van der Waals surface area contributed by atoms with E-state index in [9.17, 15) is 9.59 Å². The minimum absolute atomic E-state index is 0.102. The summed E-state index contributed by atoms with van der Waals surface area (Å²) in [6.07, 6.45) is 1.36. The summed E-state index contributed by atoms with van der Waals surface area (Å²) < 4.78 is 2.43. The van der Waals surface area contributed by atoms with Crippen molar-refractivity contribution in [1.82, 2.24) is 14.5 Å². The van der Waals surface area contributed by atoms with Crippen molar-refractivity contribution in [2.45, 2.75) is 32.7 Å². The smallest absolute Gasteiger partial charge is 0.266 e. The molecule has 0 aliphatic carbocycles. The predicted molar refractivity (Wildman–Crippen MR) is 141 cm³/mol. The van der Waals surface area contributed by atoms with Crippen LogP contribution in [0.1, 0.15) is 48.9 Å². The fraction of sp³-hybridized carbons (Fsp3) is 0.222. The highest BCUT2D eigenvalue weighted by atomic mass is 79.9. The summed E-state index contributed by atoms with van der Waals surface area (Å²) in [5.41, 5.74) is 1.62. The lowest BCUT2D eigenvalue weighted by Gasteiger charge is -2.32. The quantitative estimate of drug-likeness (QED) is 0.260. The van der Waals surface area contributed by atoms with E-state index in [0.717, 1.165) is 10.9 Å². The Morgan fingerprint density at radius 2 is 1.82 bits per heavy atom. The largest absolute Gasteiger partial charge is 0.328 e. The van der Waals surface area contributed by atoms with E-state index in [1.54, 1.807) is 34.9 Å². The normalized spacial score (nSPS) is 12.0. The summed E-state index contributed by atoms with van der Waals surface area (Å²) in [6.45, 7) is 4.57. The molecule has 4 aromatic rings. The van der Waals surface area contributed by atoms with Crippen molar-refractivity contribution < 1.29 is 4.79 Å². The molecule has 0 bridgehead atoms. The molecule has 0 fully saturated rings. The molecule has 0 N–H and O–H groups in total. The minimum Gasteiger partial charge on any atom is -0.328 e. The molecule has 174 valence electrons. The van der Waals surface area contributed by atoms with Crippen LogP contribution in [0, 0.1) is 0 Å². The molecule has 0 saturated heterocycles. The molecular formula is C27H25BrClN3O2. The molecule has 7 heteroatoms. The van der Waals surface area contributed by atoms with E-state index in [4.69, 9.17) is 16.6 Å². The zero-order chi connectivity index (χ0) is 24.2. The van der Waals surface area contributed by atoms with Crippen molar-refractivity contribution in [1.29, 1.82) is 0 Å². The van der Waals surface area contributed by atoms with Gasteiger partial charge in [-0.25, -0.2) is 4.98 Å². The van der Waals surface area contributed by atoms with Crippen LogP contribution in [0.25, 0.3) is 16.6 Å². The number of hydrogen-bond acceptors (Lipinski definition) is 3. The number of fused-ring (bicyclic) bond motifs is 1. The second-order valence-corrected chi connectivity index (χ2v) is 9.39. The zero-order valence-corrected chi connectivity index (χ0v) is 21.4. The van der Waals surface area contributed by atoms with Gasteiger partial charge >= 0.3 is 0 Å². The van der Waals surface area contributed by atoms with Gasteiger partial charge in [-0.3, -0.25) is 14.2 Å². The highest BCUT2D eigenvalue weighted by molar-refractivity contribution is 9.10. The first-order chi connectivity index (χ1) is 16.4. The van der Waals surface area contributed by atoms with Gasteiger partial charge < -0.3 is 4.90 Å². The van der Waals surface area contributed by atoms with E-state index in [-0.39, 0.29) is 11.5 Å². The van der Waals surface area contributed by atoms with Crippen LogP contribution in [0.4, 0.5) is 0 Å². The number of benzene rings is 3. The molecule has 1 unspecified atom stereocenters. The number of amides is 1. The van der Waals surface area contributed by atoms with Crippen LogP contribution in [0.5, 0.6) is 0 Å². The lowest BCUT2D eigenvalue weighted by molar-refractivity contribution is 0.0659. The number of para-hydroxylation sites is 1. The van der Waals surface area contributed by atoms with Crippen LogP contribution in [0.3, 0.4) is 0 Å². The summed E-state index contributed by atoms with van der Waals surface area (Å²) in [4.78, 5) is 34.1. The molecule has 0 spiro atoms. The Labute approximate surface area is 212 Å². The van der Waals surface area contributed by atoms with Crippen LogP contribution in [0.15, 0.2) is 82.1 Å². The second-order valence-electron chi connectivity index (χ2n) is 8.04. The first kappa shape index (κ1) is 24.2. The van der Waals surface area contributed by atoms with Crippen molar-refractivity contribution in [2.24, 2.45) is 0 Å². The van der Waals surface area contributed by atoms with Crippen molar-refractivity contribution >= 4 is 44.3 Å². The number of carbonyl (C=O) groups excluding carboxylic acids is 1. The third-order valence-electron chi connectivity index (χ3n) is 5.73. The Kier molecular flexibility index (Phi) is 7.49. The van der Waals surface area contributed by atoms with Crippen LogP contribution in [-0.4, -0.2) is 26.9 Å². The SMILES string of the molecule is CCCN(C(=O)c1cccc(Br)c1)C(CC)c1nc2ccccc2c(=O)n1-c1cccc(Cl)c1. The summed E-state index contributed by atoms with van der Waals surface area (Å²) in [5, 5.41) is 1.04. The Morgan fingerprint density at radius 3 is 2.53 bits per heavy atom. The van der Waals surface area contributed by atoms with Crippen LogP contribution >= 0.6 is 27.5 Å². The van der Waals surface area contributed by atoms with Crippen LogP contribution < -0.4 is 5.56 Å². The molecule has 0 aliphatic heterocycles. The number of carbonyl (C=O) groups is 1. The second kappa shape index (κ2) is 10.5. The molecule has 3 aromatic carbocycles. The van der Waals surface area contributed by atoms with E-state index >= 15 is 0 Å². The van der Waals surface area contributed by atoms with Gasteiger partial charge in [0.05, 0.1) is 22.6 Å². The van der Waals surface area contributed by atoms with Crippen molar-refractivity contribution in [3.63, 3.8) is 0 Å². The molecule has 1 atom stereocenters. The van der Waals surface area contributed by atoms with Crippen molar-refractivity contribution in [3.05, 3.63) is 104 Å². The number of aromatic nitrogens is 2. The number of nitrogens with zero attached hydrogens (tertiary/aromatic N) is 3. The number of rotatable bonds is 7. The monoisotopic (exact) mass is 537 g/mol. The Balaban J connectivity index is 1.95. The van der Waals surface area contributed by atoms with Gasteiger partial charge in [-0.1, -0.05) is 65.6 Å². The Bertz CT molecular complexity index is 1400. The maximum Gasteiger partial charge on any atom is 0.266 e. The van der Waals surface area contributed by atoms with Crippen molar-refractivity contribution in [2.75, 3.05) is 6.54 Å². The molecule has 34 heavy (non-hydrogen) atoms. The highest BCUT2D eigenvalue weighted by Crippen LogP contribution is 2.29. The predicted octanol–water partition coefficient (Wildman–Crippen LogP) is 6.81. The minimum atomic E-state index is -0.414. The van der Waals surface area contributed by atoms with Gasteiger partial charge in [-0.2, -0.15) is 0 Å². The van der Waals surface area contributed by atoms with Gasteiger partial charge in [0.25, 0.3) is 11.5 Å². The zero-order valence-electron chi connectivity index (χ0n) is 19.0. The van der Waals surface area contributed by atoms with Gasteiger partial charge in [0.1, 0.15) is 5.82 Å². The van der Waals surface area contributed by atoms with E-state index < -0.39 is 6.04 Å². The first-order valence-corrected chi connectivity index (χ1v) is 12.5. The van der Waals surface area contributed by atoms with Gasteiger partial charge in [0, 0.05) is 21.6 Å².